The molecule has 18 heavy (non-hydrogen) atoms. The van der Waals surface area contributed by atoms with Crippen LogP contribution in [0.2, 0.25) is 0 Å². The number of alkyl halides is 3. The number of ether oxygens (including phenoxy) is 1. The summed E-state index contributed by atoms with van der Waals surface area (Å²) in [7, 11) is 0. The Balaban J connectivity index is 2.08. The molecule has 1 aliphatic rings. The molecule has 0 unspecified atom stereocenters. The maximum atomic E-state index is 13.4. The lowest BCUT2D eigenvalue weighted by atomic mass is 10.0. The van der Waals surface area contributed by atoms with Crippen molar-refractivity contribution in [2.75, 3.05) is 0 Å². The fourth-order valence-electron chi connectivity index (χ4n) is 1.80. The fourth-order valence-corrected chi connectivity index (χ4v) is 1.80. The molecular formula is C12H13F4NO. The second-order valence-electron chi connectivity index (χ2n) is 4.52. The standard InChI is InChI=1S/C12H13F4NO/c13-9-6-8(10(17)5-7-1-2-7)3-4-11(9)18-12(14,15)16/h3-4,6-7,10H,1-2,5,17H2/t10-/m0/s1. The number of nitrogens with two attached hydrogens (primary N) is 1. The van der Waals surface area contributed by atoms with Crippen LogP contribution >= 0.6 is 0 Å². The summed E-state index contributed by atoms with van der Waals surface area (Å²) >= 11 is 0. The van der Waals surface area contributed by atoms with Crippen molar-refractivity contribution in [3.8, 4) is 5.75 Å². The lowest BCUT2D eigenvalue weighted by Crippen LogP contribution is -2.18. The Bertz CT molecular complexity index is 429. The van der Waals surface area contributed by atoms with E-state index in [0.717, 1.165) is 31.4 Å². The van der Waals surface area contributed by atoms with Crippen LogP contribution < -0.4 is 10.5 Å². The van der Waals surface area contributed by atoms with Crippen LogP contribution in [0.1, 0.15) is 30.9 Å². The van der Waals surface area contributed by atoms with Gasteiger partial charge in [0.15, 0.2) is 11.6 Å². The summed E-state index contributed by atoms with van der Waals surface area (Å²) in [6.45, 7) is 0. The Labute approximate surface area is 102 Å². The third kappa shape index (κ3) is 3.60. The summed E-state index contributed by atoms with van der Waals surface area (Å²) in [5, 5.41) is 0. The summed E-state index contributed by atoms with van der Waals surface area (Å²) in [5.41, 5.74) is 6.35. The Morgan fingerprint density at radius 2 is 2.00 bits per heavy atom. The molecule has 0 amide bonds. The van der Waals surface area contributed by atoms with Gasteiger partial charge in [0.05, 0.1) is 0 Å². The van der Waals surface area contributed by atoms with E-state index >= 15 is 0 Å². The van der Waals surface area contributed by atoms with Gasteiger partial charge in [0.2, 0.25) is 0 Å². The Kier molecular flexibility index (Phi) is 3.47. The van der Waals surface area contributed by atoms with Gasteiger partial charge in [0.25, 0.3) is 0 Å². The highest BCUT2D eigenvalue weighted by Crippen LogP contribution is 2.37. The lowest BCUT2D eigenvalue weighted by molar-refractivity contribution is -0.275. The SMILES string of the molecule is N[C@@H](CC1CC1)c1ccc(OC(F)(F)F)c(F)c1. The van der Waals surface area contributed by atoms with Crippen molar-refractivity contribution in [3.63, 3.8) is 0 Å². The minimum absolute atomic E-state index is 0.341. The summed E-state index contributed by atoms with van der Waals surface area (Å²) in [6, 6.07) is 3.00. The van der Waals surface area contributed by atoms with Gasteiger partial charge >= 0.3 is 6.36 Å². The first-order valence-corrected chi connectivity index (χ1v) is 5.66. The van der Waals surface area contributed by atoms with Crippen molar-refractivity contribution < 1.29 is 22.3 Å². The third-order valence-electron chi connectivity index (χ3n) is 2.89. The molecule has 6 heteroatoms. The van der Waals surface area contributed by atoms with Crippen LogP contribution in [0.15, 0.2) is 18.2 Å². The number of halogens is 4. The largest absolute Gasteiger partial charge is 0.573 e. The molecule has 0 bridgehead atoms. The van der Waals surface area contributed by atoms with Crippen LogP contribution in [0.25, 0.3) is 0 Å². The van der Waals surface area contributed by atoms with Gasteiger partial charge in [0, 0.05) is 6.04 Å². The monoisotopic (exact) mass is 263 g/mol. The minimum Gasteiger partial charge on any atom is -0.403 e. The quantitative estimate of drug-likeness (QED) is 0.843. The van der Waals surface area contributed by atoms with Crippen LogP contribution in [-0.4, -0.2) is 6.36 Å². The Morgan fingerprint density at radius 3 is 2.50 bits per heavy atom. The molecule has 0 spiro atoms. The molecule has 2 N–H and O–H groups in total. The molecule has 0 aromatic heterocycles. The smallest absolute Gasteiger partial charge is 0.403 e. The molecule has 1 atom stereocenters. The van der Waals surface area contributed by atoms with E-state index in [9.17, 15) is 17.6 Å². The fraction of sp³-hybridized carbons (Fsp3) is 0.500. The van der Waals surface area contributed by atoms with E-state index in [1.807, 2.05) is 0 Å². The van der Waals surface area contributed by atoms with Crippen molar-refractivity contribution in [2.24, 2.45) is 11.7 Å². The minimum atomic E-state index is -4.89. The predicted molar refractivity (Wildman–Crippen MR) is 57.4 cm³/mol. The molecule has 0 heterocycles. The summed E-state index contributed by atoms with van der Waals surface area (Å²) in [4.78, 5) is 0. The molecule has 1 aliphatic carbocycles. The normalized spacial score (nSPS) is 17.6. The van der Waals surface area contributed by atoms with Crippen LogP contribution in [0, 0.1) is 11.7 Å². The van der Waals surface area contributed by atoms with Crippen LogP contribution in [-0.2, 0) is 0 Å². The molecule has 100 valence electrons. The zero-order valence-electron chi connectivity index (χ0n) is 9.51. The summed E-state index contributed by atoms with van der Waals surface area (Å²) < 4.78 is 52.8. The predicted octanol–water partition coefficient (Wildman–Crippen LogP) is 3.52. The first kappa shape index (κ1) is 13.1. The van der Waals surface area contributed by atoms with E-state index in [-0.39, 0.29) is 6.04 Å². The van der Waals surface area contributed by atoms with Gasteiger partial charge in [-0.3, -0.25) is 0 Å². The summed E-state index contributed by atoms with van der Waals surface area (Å²) in [5.74, 6) is -1.31. The van der Waals surface area contributed by atoms with E-state index in [0.29, 0.717) is 11.5 Å². The second-order valence-corrected chi connectivity index (χ2v) is 4.52. The first-order chi connectivity index (χ1) is 8.35. The Morgan fingerprint density at radius 1 is 1.33 bits per heavy atom. The van der Waals surface area contributed by atoms with E-state index < -0.39 is 17.9 Å². The van der Waals surface area contributed by atoms with Gasteiger partial charge in [-0.25, -0.2) is 4.39 Å². The van der Waals surface area contributed by atoms with Crippen LogP contribution in [0.5, 0.6) is 5.75 Å². The van der Waals surface area contributed by atoms with Gasteiger partial charge in [-0.15, -0.1) is 13.2 Å². The van der Waals surface area contributed by atoms with Gasteiger partial charge < -0.3 is 10.5 Å². The molecular weight excluding hydrogens is 250 g/mol. The van der Waals surface area contributed by atoms with Crippen molar-refractivity contribution >= 4 is 0 Å². The molecule has 0 saturated heterocycles. The Hall–Kier alpha value is -1.30. The van der Waals surface area contributed by atoms with Crippen molar-refractivity contribution in [3.05, 3.63) is 29.6 Å². The van der Waals surface area contributed by atoms with Crippen molar-refractivity contribution in [1.82, 2.24) is 0 Å². The zero-order chi connectivity index (χ0) is 13.3. The molecule has 0 radical (unpaired) electrons. The average Bonchev–Trinajstić information content (AvgIpc) is 3.03. The van der Waals surface area contributed by atoms with Gasteiger partial charge in [-0.1, -0.05) is 18.9 Å². The summed E-state index contributed by atoms with van der Waals surface area (Å²) in [6.07, 6.45) is -1.92. The molecule has 2 rings (SSSR count). The van der Waals surface area contributed by atoms with Crippen molar-refractivity contribution in [1.29, 1.82) is 0 Å². The number of hydrogen-bond acceptors (Lipinski definition) is 2. The molecule has 1 saturated carbocycles. The number of hydrogen-bond donors (Lipinski definition) is 1. The molecule has 1 aromatic rings. The molecule has 1 aromatic carbocycles. The highest BCUT2D eigenvalue weighted by molar-refractivity contribution is 5.31. The third-order valence-corrected chi connectivity index (χ3v) is 2.89. The van der Waals surface area contributed by atoms with E-state index in [2.05, 4.69) is 4.74 Å². The maximum absolute atomic E-state index is 13.4. The van der Waals surface area contributed by atoms with E-state index in [4.69, 9.17) is 5.73 Å². The topological polar surface area (TPSA) is 35.2 Å². The highest BCUT2D eigenvalue weighted by atomic mass is 19.4. The number of benzene rings is 1. The van der Waals surface area contributed by atoms with E-state index in [1.165, 1.54) is 6.07 Å². The highest BCUT2D eigenvalue weighted by Gasteiger charge is 2.32. The van der Waals surface area contributed by atoms with Gasteiger partial charge in [-0.2, -0.15) is 0 Å². The van der Waals surface area contributed by atoms with Crippen LogP contribution in [0.4, 0.5) is 17.6 Å². The van der Waals surface area contributed by atoms with Gasteiger partial charge in [-0.05, 0) is 30.0 Å². The van der Waals surface area contributed by atoms with Crippen molar-refractivity contribution in [2.45, 2.75) is 31.7 Å². The molecule has 1 fully saturated rings. The van der Waals surface area contributed by atoms with E-state index in [1.54, 1.807) is 0 Å². The second kappa shape index (κ2) is 4.76. The zero-order valence-corrected chi connectivity index (χ0v) is 9.51. The molecule has 2 nitrogen and oxygen atoms in total. The average molecular weight is 263 g/mol. The number of rotatable bonds is 4. The van der Waals surface area contributed by atoms with Gasteiger partial charge in [0.1, 0.15) is 0 Å². The maximum Gasteiger partial charge on any atom is 0.573 e. The first-order valence-electron chi connectivity index (χ1n) is 5.66. The lowest BCUT2D eigenvalue weighted by Gasteiger charge is -2.14. The van der Waals surface area contributed by atoms with Crippen LogP contribution in [0.3, 0.4) is 0 Å². The molecule has 0 aliphatic heterocycles.